The van der Waals surface area contributed by atoms with Gasteiger partial charge in [0, 0.05) is 16.3 Å². The zero-order chi connectivity index (χ0) is 14.7. The third-order valence-electron chi connectivity index (χ3n) is 3.05. The van der Waals surface area contributed by atoms with Gasteiger partial charge in [0.15, 0.2) is 0 Å². The molecule has 5 heteroatoms. The van der Waals surface area contributed by atoms with Crippen LogP contribution < -0.4 is 5.32 Å². The maximum atomic E-state index is 5.86. The maximum absolute atomic E-state index is 5.86. The molecule has 0 amide bonds. The molecule has 1 N–H and O–H groups in total. The Hall–Kier alpha value is -2.33. The van der Waals surface area contributed by atoms with Crippen molar-refractivity contribution in [3.8, 4) is 11.5 Å². The fraction of sp³-hybridized carbons (Fsp3) is 0.125. The summed E-state index contributed by atoms with van der Waals surface area (Å²) >= 11 is 5.86. The highest BCUT2D eigenvalue weighted by molar-refractivity contribution is 6.30. The standard InChI is InChI=1S/C16H14ClN3O/c1-11-2-8-14(9-3-11)18-10-15-19-20-16(21-15)12-4-6-13(17)7-5-12/h2-9,18H,10H2,1H3. The average molecular weight is 300 g/mol. The molecule has 0 saturated carbocycles. The summed E-state index contributed by atoms with van der Waals surface area (Å²) in [6, 6.07) is 15.4. The Balaban J connectivity index is 1.67. The lowest BCUT2D eigenvalue weighted by atomic mass is 10.2. The minimum absolute atomic E-state index is 0.490. The first-order valence-electron chi connectivity index (χ1n) is 6.59. The predicted octanol–water partition coefficient (Wildman–Crippen LogP) is 4.31. The highest BCUT2D eigenvalue weighted by Gasteiger charge is 2.08. The molecule has 0 radical (unpaired) electrons. The lowest BCUT2D eigenvalue weighted by Crippen LogP contribution is -1.99. The summed E-state index contributed by atoms with van der Waals surface area (Å²) in [6.45, 7) is 2.55. The number of hydrogen-bond donors (Lipinski definition) is 1. The fourth-order valence-corrected chi connectivity index (χ4v) is 2.01. The van der Waals surface area contributed by atoms with Crippen LogP contribution in [0.2, 0.25) is 5.02 Å². The van der Waals surface area contributed by atoms with Crippen LogP contribution >= 0.6 is 11.6 Å². The topological polar surface area (TPSA) is 51.0 Å². The molecule has 3 rings (SSSR count). The van der Waals surface area contributed by atoms with Crippen LogP contribution in [0, 0.1) is 6.92 Å². The molecule has 0 bridgehead atoms. The van der Waals surface area contributed by atoms with Crippen molar-refractivity contribution in [1.29, 1.82) is 0 Å². The van der Waals surface area contributed by atoms with Crippen LogP contribution in [0.1, 0.15) is 11.5 Å². The zero-order valence-corrected chi connectivity index (χ0v) is 12.3. The van der Waals surface area contributed by atoms with Gasteiger partial charge in [-0.05, 0) is 43.3 Å². The van der Waals surface area contributed by atoms with Crippen LogP contribution in [0.3, 0.4) is 0 Å². The summed E-state index contributed by atoms with van der Waals surface area (Å²) in [5.41, 5.74) is 3.10. The van der Waals surface area contributed by atoms with Gasteiger partial charge < -0.3 is 9.73 Å². The number of halogens is 1. The normalized spacial score (nSPS) is 10.6. The molecule has 1 heterocycles. The van der Waals surface area contributed by atoms with E-state index in [-0.39, 0.29) is 0 Å². The second-order valence-corrected chi connectivity index (χ2v) is 5.16. The molecule has 2 aromatic carbocycles. The number of aromatic nitrogens is 2. The van der Waals surface area contributed by atoms with Gasteiger partial charge in [-0.2, -0.15) is 0 Å². The average Bonchev–Trinajstić information content (AvgIpc) is 2.96. The first-order chi connectivity index (χ1) is 10.2. The van der Waals surface area contributed by atoms with Gasteiger partial charge >= 0.3 is 0 Å². The van der Waals surface area contributed by atoms with Gasteiger partial charge in [0.25, 0.3) is 0 Å². The van der Waals surface area contributed by atoms with Crippen molar-refractivity contribution < 1.29 is 4.42 Å². The molecule has 21 heavy (non-hydrogen) atoms. The molecule has 0 saturated heterocycles. The number of anilines is 1. The molecule has 0 unspecified atom stereocenters. The molecular formula is C16H14ClN3O. The Morgan fingerprint density at radius 3 is 2.43 bits per heavy atom. The molecule has 1 aromatic heterocycles. The Morgan fingerprint density at radius 2 is 1.71 bits per heavy atom. The number of rotatable bonds is 4. The SMILES string of the molecule is Cc1ccc(NCc2nnc(-c3ccc(Cl)cc3)o2)cc1. The number of benzene rings is 2. The number of nitrogens with one attached hydrogen (secondary N) is 1. The third kappa shape index (κ3) is 3.41. The van der Waals surface area contributed by atoms with Crippen molar-refractivity contribution >= 4 is 17.3 Å². The first-order valence-corrected chi connectivity index (χ1v) is 6.97. The number of nitrogens with zero attached hydrogens (tertiary/aromatic N) is 2. The Morgan fingerprint density at radius 1 is 1.00 bits per heavy atom. The lowest BCUT2D eigenvalue weighted by Gasteiger charge is -2.03. The Bertz CT molecular complexity index is 720. The monoisotopic (exact) mass is 299 g/mol. The van der Waals surface area contributed by atoms with E-state index in [1.165, 1.54) is 5.56 Å². The molecular weight excluding hydrogens is 286 g/mol. The largest absolute Gasteiger partial charge is 0.419 e. The summed E-state index contributed by atoms with van der Waals surface area (Å²) in [4.78, 5) is 0. The molecule has 0 aliphatic rings. The van der Waals surface area contributed by atoms with Crippen molar-refractivity contribution in [2.45, 2.75) is 13.5 Å². The van der Waals surface area contributed by atoms with Crippen molar-refractivity contribution in [3.63, 3.8) is 0 Å². The lowest BCUT2D eigenvalue weighted by molar-refractivity contribution is 0.515. The van der Waals surface area contributed by atoms with E-state index < -0.39 is 0 Å². The van der Waals surface area contributed by atoms with E-state index in [0.29, 0.717) is 23.3 Å². The second kappa shape index (κ2) is 5.97. The fourth-order valence-electron chi connectivity index (χ4n) is 1.88. The minimum Gasteiger partial charge on any atom is -0.419 e. The van der Waals surface area contributed by atoms with Gasteiger partial charge in [-0.1, -0.05) is 29.3 Å². The molecule has 0 fully saturated rings. The third-order valence-corrected chi connectivity index (χ3v) is 3.31. The van der Waals surface area contributed by atoms with E-state index >= 15 is 0 Å². The summed E-state index contributed by atoms with van der Waals surface area (Å²) in [6.07, 6.45) is 0. The van der Waals surface area contributed by atoms with E-state index in [1.807, 2.05) is 24.3 Å². The van der Waals surface area contributed by atoms with Crippen molar-refractivity contribution in [3.05, 3.63) is 65.0 Å². The van der Waals surface area contributed by atoms with Gasteiger partial charge in [0.1, 0.15) is 0 Å². The van der Waals surface area contributed by atoms with Crippen molar-refractivity contribution in [2.75, 3.05) is 5.32 Å². The van der Waals surface area contributed by atoms with Gasteiger partial charge in [0.05, 0.1) is 6.54 Å². The molecule has 4 nitrogen and oxygen atoms in total. The van der Waals surface area contributed by atoms with Gasteiger partial charge in [-0.15, -0.1) is 10.2 Å². The molecule has 0 atom stereocenters. The second-order valence-electron chi connectivity index (χ2n) is 4.73. The van der Waals surface area contributed by atoms with E-state index in [1.54, 1.807) is 12.1 Å². The maximum Gasteiger partial charge on any atom is 0.247 e. The van der Waals surface area contributed by atoms with Gasteiger partial charge in [0.2, 0.25) is 11.8 Å². The van der Waals surface area contributed by atoms with Crippen LogP contribution in [0.4, 0.5) is 5.69 Å². The first kappa shape index (κ1) is 13.6. The molecule has 0 aliphatic heterocycles. The van der Waals surface area contributed by atoms with Gasteiger partial charge in [-0.3, -0.25) is 0 Å². The van der Waals surface area contributed by atoms with Crippen LogP contribution in [-0.2, 0) is 6.54 Å². The van der Waals surface area contributed by atoms with Crippen LogP contribution in [-0.4, -0.2) is 10.2 Å². The van der Waals surface area contributed by atoms with Crippen LogP contribution in [0.5, 0.6) is 0 Å². The van der Waals surface area contributed by atoms with E-state index in [9.17, 15) is 0 Å². The van der Waals surface area contributed by atoms with E-state index in [2.05, 4.69) is 34.6 Å². The molecule has 106 valence electrons. The summed E-state index contributed by atoms with van der Waals surface area (Å²) in [5.74, 6) is 1.04. The van der Waals surface area contributed by atoms with Crippen LogP contribution in [0.15, 0.2) is 52.9 Å². The summed E-state index contributed by atoms with van der Waals surface area (Å²) in [7, 11) is 0. The molecule has 3 aromatic rings. The van der Waals surface area contributed by atoms with Gasteiger partial charge in [-0.25, -0.2) is 0 Å². The number of aryl methyl sites for hydroxylation is 1. The quantitative estimate of drug-likeness (QED) is 0.780. The zero-order valence-electron chi connectivity index (χ0n) is 11.5. The Kier molecular flexibility index (Phi) is 3.88. The highest BCUT2D eigenvalue weighted by atomic mass is 35.5. The molecule has 0 spiro atoms. The van der Waals surface area contributed by atoms with E-state index in [0.717, 1.165) is 11.3 Å². The molecule has 0 aliphatic carbocycles. The Labute approximate surface area is 127 Å². The minimum atomic E-state index is 0.490. The predicted molar refractivity (Wildman–Crippen MR) is 83.2 cm³/mol. The number of hydrogen-bond acceptors (Lipinski definition) is 4. The summed E-state index contributed by atoms with van der Waals surface area (Å²) in [5, 5.41) is 12.0. The van der Waals surface area contributed by atoms with Crippen LogP contribution in [0.25, 0.3) is 11.5 Å². The van der Waals surface area contributed by atoms with E-state index in [4.69, 9.17) is 16.0 Å². The highest BCUT2D eigenvalue weighted by Crippen LogP contribution is 2.20. The summed E-state index contributed by atoms with van der Waals surface area (Å²) < 4.78 is 5.63. The van der Waals surface area contributed by atoms with Crippen molar-refractivity contribution in [1.82, 2.24) is 10.2 Å². The smallest absolute Gasteiger partial charge is 0.247 e. The van der Waals surface area contributed by atoms with Crippen molar-refractivity contribution in [2.24, 2.45) is 0 Å².